The van der Waals surface area contributed by atoms with Crippen LogP contribution in [-0.4, -0.2) is 79.0 Å². The lowest BCUT2D eigenvalue weighted by molar-refractivity contribution is -0.136. The lowest BCUT2D eigenvalue weighted by atomic mass is 9.74. The summed E-state index contributed by atoms with van der Waals surface area (Å²) >= 11 is 1.61. The lowest BCUT2D eigenvalue weighted by Gasteiger charge is -2.45. The molecular weight excluding hydrogens is 448 g/mol. The van der Waals surface area contributed by atoms with Gasteiger partial charge in [-0.15, -0.1) is 11.3 Å². The number of thiophene rings is 1. The van der Waals surface area contributed by atoms with E-state index in [9.17, 15) is 9.59 Å². The summed E-state index contributed by atoms with van der Waals surface area (Å²) in [4.78, 5) is 34.2. The van der Waals surface area contributed by atoms with Crippen molar-refractivity contribution in [2.24, 2.45) is 11.8 Å². The summed E-state index contributed by atoms with van der Waals surface area (Å²) in [6, 6.07) is 0.164. The molecule has 8 nitrogen and oxygen atoms in total. The van der Waals surface area contributed by atoms with Crippen molar-refractivity contribution in [2.75, 3.05) is 57.8 Å². The van der Waals surface area contributed by atoms with Crippen LogP contribution in [0.5, 0.6) is 0 Å². The number of nitrogens with one attached hydrogen (secondary N) is 1. The molecular formula is C25H42N6O2S. The second-order valence-electron chi connectivity index (χ2n) is 10.4. The number of carbonyl (C=O) groups excluding carboxylic acids is 2. The summed E-state index contributed by atoms with van der Waals surface area (Å²) in [6.07, 6.45) is 8.15. The van der Waals surface area contributed by atoms with Gasteiger partial charge >= 0.3 is 6.03 Å². The van der Waals surface area contributed by atoms with Crippen LogP contribution in [-0.2, 0) is 17.6 Å². The standard InChI is InChI=1S/C25H42N6O2S/c1-3-4-11-31(25(33)28-8-12-30-9-6-5-7-10-30)24(32)18-13-17-14-19-21(34-23(27)22(19)26)15-20(17)29(2)16-18/h17-18,20H,3-16,26-27H2,1-2H3,(H,28,33)/t17-,18-,20-/m1/s1. The third kappa shape index (κ3) is 5.52. The molecule has 190 valence electrons. The van der Waals surface area contributed by atoms with E-state index in [1.807, 2.05) is 0 Å². The molecule has 3 heterocycles. The zero-order valence-electron chi connectivity index (χ0n) is 20.9. The topological polar surface area (TPSA) is 108 Å². The van der Waals surface area contributed by atoms with Crippen molar-refractivity contribution >= 4 is 34.0 Å². The van der Waals surface area contributed by atoms with Crippen LogP contribution in [0, 0.1) is 11.8 Å². The second kappa shape index (κ2) is 11.3. The Morgan fingerprint density at radius 2 is 1.94 bits per heavy atom. The summed E-state index contributed by atoms with van der Waals surface area (Å²) in [5.41, 5.74) is 14.3. The largest absolute Gasteiger partial charge is 0.396 e. The number of nitrogens with two attached hydrogens (primary N) is 2. The van der Waals surface area contributed by atoms with Crippen LogP contribution in [0.1, 0.15) is 55.9 Å². The maximum absolute atomic E-state index is 13.6. The maximum Gasteiger partial charge on any atom is 0.324 e. The van der Waals surface area contributed by atoms with Gasteiger partial charge in [0.15, 0.2) is 0 Å². The molecule has 0 saturated carbocycles. The highest BCUT2D eigenvalue weighted by Gasteiger charge is 2.42. The highest BCUT2D eigenvalue weighted by Crippen LogP contribution is 2.44. The number of carbonyl (C=O) groups is 2. The molecule has 0 unspecified atom stereocenters. The zero-order valence-corrected chi connectivity index (χ0v) is 21.7. The van der Waals surface area contributed by atoms with Crippen LogP contribution >= 0.6 is 11.3 Å². The third-order valence-corrected chi connectivity index (χ3v) is 9.08. The fourth-order valence-electron chi connectivity index (χ4n) is 6.00. The van der Waals surface area contributed by atoms with Crippen molar-refractivity contribution in [3.05, 3.63) is 10.4 Å². The number of rotatable bonds is 7. The Morgan fingerprint density at radius 1 is 1.18 bits per heavy atom. The quantitative estimate of drug-likeness (QED) is 0.542. The zero-order chi connectivity index (χ0) is 24.2. The number of anilines is 2. The van der Waals surface area contributed by atoms with Gasteiger partial charge in [0, 0.05) is 37.1 Å². The molecule has 0 spiro atoms. The van der Waals surface area contributed by atoms with E-state index in [1.165, 1.54) is 34.6 Å². The first-order chi connectivity index (χ1) is 16.4. The summed E-state index contributed by atoms with van der Waals surface area (Å²) in [5.74, 6) is 0.152. The van der Waals surface area contributed by atoms with Crippen molar-refractivity contribution in [3.8, 4) is 0 Å². The fourth-order valence-corrected chi connectivity index (χ4v) is 7.07. The molecule has 0 radical (unpaired) electrons. The number of likely N-dealkylation sites (tertiary alicyclic amines) is 2. The Kier molecular flexibility index (Phi) is 8.37. The molecule has 0 bridgehead atoms. The smallest absolute Gasteiger partial charge is 0.324 e. The minimum absolute atomic E-state index is 0.0298. The molecule has 0 aromatic carbocycles. The van der Waals surface area contributed by atoms with Gasteiger partial charge in [0.25, 0.3) is 0 Å². The van der Waals surface area contributed by atoms with E-state index in [2.05, 4.69) is 29.1 Å². The second-order valence-corrected chi connectivity index (χ2v) is 11.5. The van der Waals surface area contributed by atoms with Gasteiger partial charge in [0.2, 0.25) is 5.91 Å². The van der Waals surface area contributed by atoms with E-state index < -0.39 is 0 Å². The number of hydrogen-bond acceptors (Lipinski definition) is 7. The van der Waals surface area contributed by atoms with Gasteiger partial charge in [0.05, 0.1) is 11.6 Å². The molecule has 2 fully saturated rings. The number of nitrogen functional groups attached to an aromatic ring is 2. The summed E-state index contributed by atoms with van der Waals surface area (Å²) in [7, 11) is 2.11. The molecule has 1 aromatic rings. The molecule has 1 aromatic heterocycles. The number of urea groups is 1. The van der Waals surface area contributed by atoms with E-state index in [-0.39, 0.29) is 17.9 Å². The molecule has 5 N–H and O–H groups in total. The molecule has 2 saturated heterocycles. The minimum atomic E-state index is -0.235. The van der Waals surface area contributed by atoms with Crippen LogP contribution in [0.25, 0.3) is 0 Å². The number of imide groups is 1. The van der Waals surface area contributed by atoms with Crippen molar-refractivity contribution in [1.29, 1.82) is 0 Å². The Balaban J connectivity index is 1.39. The lowest BCUT2D eigenvalue weighted by Crippen LogP contribution is -2.55. The summed E-state index contributed by atoms with van der Waals surface area (Å²) in [5, 5.41) is 3.75. The van der Waals surface area contributed by atoms with Crippen LogP contribution in [0.2, 0.25) is 0 Å². The first-order valence-electron chi connectivity index (χ1n) is 13.1. The van der Waals surface area contributed by atoms with Crippen LogP contribution < -0.4 is 16.8 Å². The number of unbranched alkanes of at least 4 members (excludes halogenated alkanes) is 1. The Hall–Kier alpha value is -1.84. The van der Waals surface area contributed by atoms with Gasteiger partial charge in [-0.2, -0.15) is 0 Å². The number of piperidine rings is 2. The number of amides is 3. The average molecular weight is 491 g/mol. The SMILES string of the molecule is CCCCN(C(=O)NCCN1CCCCC1)C(=O)[C@@H]1C[C@@H]2Cc3c(sc(N)c3N)C[C@H]2N(C)C1. The maximum atomic E-state index is 13.6. The number of likely N-dealkylation sites (N-methyl/N-ethyl adjacent to an activating group) is 1. The van der Waals surface area contributed by atoms with Crippen LogP contribution in [0.4, 0.5) is 15.5 Å². The average Bonchev–Trinajstić information content (AvgIpc) is 3.11. The molecule has 2 aliphatic heterocycles. The van der Waals surface area contributed by atoms with Crippen molar-refractivity contribution in [1.82, 2.24) is 20.0 Å². The van der Waals surface area contributed by atoms with Gasteiger partial charge in [-0.05, 0) is 70.1 Å². The van der Waals surface area contributed by atoms with Gasteiger partial charge in [-0.25, -0.2) is 4.79 Å². The molecule has 3 atom stereocenters. The summed E-state index contributed by atoms with van der Waals surface area (Å²) in [6.45, 7) is 6.91. The molecule has 9 heteroatoms. The molecule has 3 aliphatic rings. The Labute approximate surface area is 208 Å². The van der Waals surface area contributed by atoms with Crippen molar-refractivity contribution < 1.29 is 9.59 Å². The van der Waals surface area contributed by atoms with Gasteiger partial charge < -0.3 is 26.6 Å². The molecule has 4 rings (SSSR count). The van der Waals surface area contributed by atoms with E-state index in [4.69, 9.17) is 11.5 Å². The van der Waals surface area contributed by atoms with E-state index in [0.29, 0.717) is 36.6 Å². The number of fused-ring (bicyclic) bond motifs is 2. The van der Waals surface area contributed by atoms with E-state index in [1.54, 1.807) is 11.3 Å². The van der Waals surface area contributed by atoms with E-state index in [0.717, 1.165) is 57.4 Å². The van der Waals surface area contributed by atoms with Gasteiger partial charge in [-0.1, -0.05) is 19.8 Å². The highest BCUT2D eigenvalue weighted by molar-refractivity contribution is 7.16. The van der Waals surface area contributed by atoms with E-state index >= 15 is 0 Å². The van der Waals surface area contributed by atoms with Gasteiger partial charge in [0.1, 0.15) is 5.00 Å². The first-order valence-corrected chi connectivity index (χ1v) is 13.9. The monoisotopic (exact) mass is 490 g/mol. The molecule has 3 amide bonds. The first kappa shape index (κ1) is 25.3. The fraction of sp³-hybridized carbons (Fsp3) is 0.760. The normalized spacial score (nSPS) is 25.4. The predicted molar refractivity (Wildman–Crippen MR) is 139 cm³/mol. The van der Waals surface area contributed by atoms with Crippen molar-refractivity contribution in [3.63, 3.8) is 0 Å². The highest BCUT2D eigenvalue weighted by atomic mass is 32.1. The van der Waals surface area contributed by atoms with Crippen LogP contribution in [0.15, 0.2) is 0 Å². The molecule has 34 heavy (non-hydrogen) atoms. The van der Waals surface area contributed by atoms with Crippen molar-refractivity contribution in [2.45, 2.75) is 64.3 Å². The van der Waals surface area contributed by atoms with Crippen LogP contribution in [0.3, 0.4) is 0 Å². The number of hydrogen-bond donors (Lipinski definition) is 3. The Bertz CT molecular complexity index is 868. The predicted octanol–water partition coefficient (Wildman–Crippen LogP) is 2.77. The Morgan fingerprint density at radius 3 is 2.68 bits per heavy atom. The van der Waals surface area contributed by atoms with Gasteiger partial charge in [-0.3, -0.25) is 9.69 Å². The summed E-state index contributed by atoms with van der Waals surface area (Å²) < 4.78 is 0. The third-order valence-electron chi connectivity index (χ3n) is 7.98. The molecule has 1 aliphatic carbocycles. The number of nitrogens with zero attached hydrogens (tertiary/aromatic N) is 3. The minimum Gasteiger partial charge on any atom is -0.396 e.